The average molecular weight is 579 g/mol. The van der Waals surface area contributed by atoms with Gasteiger partial charge in [-0.05, 0) is 53.5 Å². The van der Waals surface area contributed by atoms with E-state index in [1.807, 2.05) is 20.8 Å². The topological polar surface area (TPSA) is 142 Å². The molecule has 2 amide bonds. The van der Waals surface area contributed by atoms with Crippen LogP contribution in [0.25, 0.3) is 0 Å². The summed E-state index contributed by atoms with van der Waals surface area (Å²) in [5.41, 5.74) is 0.264. The number of carbonyl (C=O) groups is 4. The number of hydrogen-bond donors (Lipinski definition) is 4. The normalized spacial score (nSPS) is 20.7. The Bertz CT molecular complexity index is 1230. The Hall–Kier alpha value is -3.14. The predicted molar refractivity (Wildman–Crippen MR) is 147 cm³/mol. The molecule has 0 spiro atoms. The van der Waals surface area contributed by atoms with Gasteiger partial charge in [0.2, 0.25) is 5.91 Å². The van der Waals surface area contributed by atoms with Gasteiger partial charge in [-0.15, -0.1) is 0 Å². The van der Waals surface area contributed by atoms with E-state index < -0.39 is 47.2 Å². The molecule has 9 nitrogen and oxygen atoms in total. The molecule has 2 aromatic carbocycles. The zero-order valence-electron chi connectivity index (χ0n) is 21.9. The molecule has 1 aliphatic carbocycles. The quantitative estimate of drug-likeness (QED) is 0.297. The van der Waals surface area contributed by atoms with E-state index in [1.165, 1.54) is 0 Å². The van der Waals surface area contributed by atoms with E-state index in [-0.39, 0.29) is 34.5 Å². The van der Waals surface area contributed by atoms with Gasteiger partial charge in [-0.25, -0.2) is 9.59 Å². The van der Waals surface area contributed by atoms with Crippen molar-refractivity contribution in [2.75, 3.05) is 18.5 Å². The third-order valence-electron chi connectivity index (χ3n) is 7.83. The molecule has 1 saturated carbocycles. The van der Waals surface area contributed by atoms with Gasteiger partial charge in [0.05, 0.1) is 22.2 Å². The first-order valence-corrected chi connectivity index (χ1v) is 13.2. The van der Waals surface area contributed by atoms with E-state index in [4.69, 9.17) is 33.0 Å². The lowest BCUT2D eigenvalue weighted by Crippen LogP contribution is -2.49. The summed E-state index contributed by atoms with van der Waals surface area (Å²) in [6, 6.07) is 10.2. The maximum Gasteiger partial charge on any atom is 0.329 e. The van der Waals surface area contributed by atoms with Crippen molar-refractivity contribution in [3.8, 4) is 0 Å². The first-order chi connectivity index (χ1) is 18.2. The molecule has 0 heterocycles. The first-order valence-electron chi connectivity index (χ1n) is 12.4. The minimum Gasteiger partial charge on any atom is -0.480 e. The smallest absolute Gasteiger partial charge is 0.329 e. The number of carboxylic acid groups (broad SMARTS) is 2. The van der Waals surface area contributed by atoms with E-state index in [9.17, 15) is 24.3 Å². The van der Waals surface area contributed by atoms with Gasteiger partial charge in [0.15, 0.2) is 0 Å². The van der Waals surface area contributed by atoms with Crippen molar-refractivity contribution in [2.45, 2.75) is 46.1 Å². The fourth-order valence-electron chi connectivity index (χ4n) is 4.99. The third-order valence-corrected chi connectivity index (χ3v) is 8.46. The molecule has 1 fully saturated rings. The Labute approximate surface area is 236 Å². The van der Waals surface area contributed by atoms with Gasteiger partial charge in [0, 0.05) is 18.0 Å². The second-order valence-corrected chi connectivity index (χ2v) is 11.4. The van der Waals surface area contributed by atoms with Crippen LogP contribution in [0.1, 0.15) is 49.5 Å². The SMILES string of the molecule is CC1(C)[C@@H](C(=O)N[C@@H](Cc2ccc(NC(=O)c3c(Cl)cccc3Cl)cc2)C(=O)O)CC[C@@]1(C)COCC(=O)O. The molecule has 1 aliphatic rings. The van der Waals surface area contributed by atoms with Gasteiger partial charge in [0.25, 0.3) is 5.91 Å². The minimum absolute atomic E-state index is 0.0395. The van der Waals surface area contributed by atoms with E-state index in [1.54, 1.807) is 42.5 Å². The lowest BCUT2D eigenvalue weighted by Gasteiger charge is -2.41. The lowest BCUT2D eigenvalue weighted by atomic mass is 9.66. The highest BCUT2D eigenvalue weighted by molar-refractivity contribution is 6.40. The summed E-state index contributed by atoms with van der Waals surface area (Å²) in [4.78, 5) is 48.7. The van der Waals surface area contributed by atoms with Gasteiger partial charge in [-0.1, -0.05) is 62.2 Å². The Balaban J connectivity index is 1.64. The average Bonchev–Trinajstić information content (AvgIpc) is 3.07. The number of aliphatic carboxylic acids is 2. The number of nitrogens with one attached hydrogen (secondary N) is 2. The van der Waals surface area contributed by atoms with Crippen LogP contribution in [0.2, 0.25) is 10.0 Å². The number of benzene rings is 2. The fraction of sp³-hybridized carbons (Fsp3) is 0.429. The third kappa shape index (κ3) is 7.09. The standard InChI is InChI=1S/C28H32Cl2N2O7/c1-27(2)18(11-12-28(27,3)15-39-14-22(33)34)24(35)32-21(26(37)38)13-16-7-9-17(10-8-16)31-25(36)23-19(29)5-4-6-20(23)30/h4-10,18,21H,11-15H2,1-3H3,(H,31,36)(H,32,35)(H,33,34)(H,37,38)/t18-,21+,28+/m1/s1. The number of hydrogen-bond acceptors (Lipinski definition) is 5. The van der Waals surface area contributed by atoms with Crippen LogP contribution in [0.4, 0.5) is 5.69 Å². The number of halogens is 2. The number of ether oxygens (including phenoxy) is 1. The molecule has 0 bridgehead atoms. The number of rotatable bonds is 11. The number of carbonyl (C=O) groups excluding carboxylic acids is 2. The molecular weight excluding hydrogens is 547 g/mol. The van der Waals surface area contributed by atoms with Crippen LogP contribution in [0.5, 0.6) is 0 Å². The summed E-state index contributed by atoms with van der Waals surface area (Å²) in [5, 5.41) is 24.5. The highest BCUT2D eigenvalue weighted by Gasteiger charge is 2.54. The van der Waals surface area contributed by atoms with Crippen molar-refractivity contribution >= 4 is 52.6 Å². The molecule has 0 saturated heterocycles. The molecule has 210 valence electrons. The molecule has 11 heteroatoms. The van der Waals surface area contributed by atoms with E-state index in [0.29, 0.717) is 24.1 Å². The van der Waals surface area contributed by atoms with Crippen molar-refractivity contribution in [3.63, 3.8) is 0 Å². The molecule has 0 unspecified atom stereocenters. The Morgan fingerprint density at radius 3 is 2.21 bits per heavy atom. The molecule has 3 atom stereocenters. The van der Waals surface area contributed by atoms with Crippen LogP contribution in [0.15, 0.2) is 42.5 Å². The van der Waals surface area contributed by atoms with Crippen LogP contribution < -0.4 is 10.6 Å². The predicted octanol–water partition coefficient (Wildman–Crippen LogP) is 4.90. The van der Waals surface area contributed by atoms with Crippen molar-refractivity contribution in [1.82, 2.24) is 5.32 Å². The lowest BCUT2D eigenvalue weighted by molar-refractivity contribution is -0.145. The van der Waals surface area contributed by atoms with Crippen molar-refractivity contribution in [3.05, 3.63) is 63.6 Å². The molecule has 2 aromatic rings. The molecule has 0 radical (unpaired) electrons. The molecule has 39 heavy (non-hydrogen) atoms. The monoisotopic (exact) mass is 578 g/mol. The van der Waals surface area contributed by atoms with Gasteiger partial charge < -0.3 is 25.6 Å². The minimum atomic E-state index is -1.17. The number of amides is 2. The fourth-order valence-corrected chi connectivity index (χ4v) is 5.56. The first kappa shape index (κ1) is 30.4. The maximum atomic E-state index is 13.2. The Morgan fingerprint density at radius 1 is 1.03 bits per heavy atom. The summed E-state index contributed by atoms with van der Waals surface area (Å²) in [5.74, 6) is -3.54. The summed E-state index contributed by atoms with van der Waals surface area (Å²) in [6.45, 7) is 5.57. The van der Waals surface area contributed by atoms with Crippen molar-refractivity contribution in [2.24, 2.45) is 16.7 Å². The van der Waals surface area contributed by atoms with Crippen molar-refractivity contribution < 1.29 is 34.1 Å². The Morgan fingerprint density at radius 2 is 1.64 bits per heavy atom. The second kappa shape index (κ2) is 12.4. The van der Waals surface area contributed by atoms with Crippen LogP contribution in [-0.4, -0.2) is 53.2 Å². The van der Waals surface area contributed by atoms with Gasteiger partial charge in [-0.3, -0.25) is 9.59 Å². The second-order valence-electron chi connectivity index (χ2n) is 10.6. The maximum absolute atomic E-state index is 13.2. The zero-order chi connectivity index (χ0) is 29.0. The van der Waals surface area contributed by atoms with Crippen LogP contribution in [-0.2, 0) is 25.5 Å². The van der Waals surface area contributed by atoms with E-state index in [0.717, 1.165) is 0 Å². The van der Waals surface area contributed by atoms with E-state index in [2.05, 4.69) is 10.6 Å². The molecule has 4 N–H and O–H groups in total. The molecule has 0 aromatic heterocycles. The largest absolute Gasteiger partial charge is 0.480 e. The summed E-state index contributed by atoms with van der Waals surface area (Å²) >= 11 is 12.2. The summed E-state index contributed by atoms with van der Waals surface area (Å²) in [6.07, 6.45) is 1.21. The van der Waals surface area contributed by atoms with Gasteiger partial charge >= 0.3 is 11.9 Å². The van der Waals surface area contributed by atoms with Crippen molar-refractivity contribution in [1.29, 1.82) is 0 Å². The highest BCUT2D eigenvalue weighted by atomic mass is 35.5. The van der Waals surface area contributed by atoms with Crippen LogP contribution >= 0.6 is 23.2 Å². The molecule has 3 rings (SSSR count). The number of anilines is 1. The van der Waals surface area contributed by atoms with Crippen LogP contribution in [0, 0.1) is 16.7 Å². The molecular formula is C28H32Cl2N2O7. The zero-order valence-corrected chi connectivity index (χ0v) is 23.4. The summed E-state index contributed by atoms with van der Waals surface area (Å²) < 4.78 is 5.35. The van der Waals surface area contributed by atoms with Gasteiger partial charge in [-0.2, -0.15) is 0 Å². The van der Waals surface area contributed by atoms with Crippen LogP contribution in [0.3, 0.4) is 0 Å². The van der Waals surface area contributed by atoms with Gasteiger partial charge in [0.1, 0.15) is 12.6 Å². The Kier molecular flexibility index (Phi) is 9.64. The summed E-state index contributed by atoms with van der Waals surface area (Å²) in [7, 11) is 0. The highest BCUT2D eigenvalue weighted by Crippen LogP contribution is 2.56. The molecule has 0 aliphatic heterocycles. The number of carboxylic acids is 2. The van der Waals surface area contributed by atoms with E-state index >= 15 is 0 Å².